The van der Waals surface area contributed by atoms with Crippen molar-refractivity contribution < 1.29 is 14.3 Å². The molecule has 0 fully saturated rings. The van der Waals surface area contributed by atoms with Crippen molar-refractivity contribution in [1.29, 1.82) is 0 Å². The zero-order chi connectivity index (χ0) is 15.5. The zero-order valence-electron chi connectivity index (χ0n) is 12.8. The second-order valence-electron chi connectivity index (χ2n) is 4.79. The maximum atomic E-state index is 11.6. The topological polar surface area (TPSA) is 67.4 Å². The quantitative estimate of drug-likeness (QED) is 0.727. The highest BCUT2D eigenvalue weighted by molar-refractivity contribution is 5.84. The Morgan fingerprint density at radius 2 is 1.90 bits per heavy atom. The van der Waals surface area contributed by atoms with Crippen LogP contribution in [0, 0.1) is 0 Å². The van der Waals surface area contributed by atoms with Crippen LogP contribution in [0.3, 0.4) is 0 Å². The first kappa shape index (κ1) is 17.0. The molecule has 0 aliphatic carbocycles. The van der Waals surface area contributed by atoms with E-state index in [4.69, 9.17) is 4.74 Å². The zero-order valence-corrected chi connectivity index (χ0v) is 12.8. The average Bonchev–Trinajstić information content (AvgIpc) is 2.51. The van der Waals surface area contributed by atoms with Gasteiger partial charge in [-0.3, -0.25) is 9.59 Å². The Kier molecular flexibility index (Phi) is 7.94. The van der Waals surface area contributed by atoms with Crippen molar-refractivity contribution in [2.75, 3.05) is 20.2 Å². The molecule has 1 aromatic rings. The highest BCUT2D eigenvalue weighted by atomic mass is 16.5. The molecule has 21 heavy (non-hydrogen) atoms. The summed E-state index contributed by atoms with van der Waals surface area (Å²) in [6.07, 6.45) is 2.99. The number of carbonyl (C=O) groups is 2. The fourth-order valence-corrected chi connectivity index (χ4v) is 1.91. The van der Waals surface area contributed by atoms with Gasteiger partial charge in [-0.05, 0) is 24.5 Å². The lowest BCUT2D eigenvalue weighted by Gasteiger charge is -2.09. The number of ether oxygens (including phenoxy) is 1. The van der Waals surface area contributed by atoms with Gasteiger partial charge in [0, 0.05) is 13.0 Å². The number of hydrogen-bond donors (Lipinski definition) is 2. The van der Waals surface area contributed by atoms with E-state index in [2.05, 4.69) is 10.6 Å². The van der Waals surface area contributed by atoms with Gasteiger partial charge >= 0.3 is 0 Å². The number of carbonyl (C=O) groups excluding carboxylic acids is 2. The third-order valence-corrected chi connectivity index (χ3v) is 3.11. The summed E-state index contributed by atoms with van der Waals surface area (Å²) < 4.78 is 5.25. The van der Waals surface area contributed by atoms with Gasteiger partial charge in [-0.2, -0.15) is 0 Å². The normalized spacial score (nSPS) is 10.0. The largest absolute Gasteiger partial charge is 0.496 e. The number of benzene rings is 1. The molecule has 0 atom stereocenters. The molecule has 2 amide bonds. The summed E-state index contributed by atoms with van der Waals surface area (Å²) >= 11 is 0. The summed E-state index contributed by atoms with van der Waals surface area (Å²) in [5.74, 6) is 0.575. The summed E-state index contributed by atoms with van der Waals surface area (Å²) in [7, 11) is 1.63. The van der Waals surface area contributed by atoms with Crippen LogP contribution in [0.4, 0.5) is 0 Å². The SMILES string of the molecule is CCCCC(=O)NCC(=O)NCCc1ccccc1OC. The Balaban J connectivity index is 2.23. The summed E-state index contributed by atoms with van der Waals surface area (Å²) in [4.78, 5) is 23.0. The number of rotatable bonds is 9. The number of hydrogen-bond acceptors (Lipinski definition) is 3. The Morgan fingerprint density at radius 3 is 2.62 bits per heavy atom. The average molecular weight is 292 g/mol. The number of para-hydroxylation sites is 1. The molecule has 0 aliphatic heterocycles. The third kappa shape index (κ3) is 6.79. The minimum Gasteiger partial charge on any atom is -0.496 e. The molecule has 0 bridgehead atoms. The molecule has 2 N–H and O–H groups in total. The van der Waals surface area contributed by atoms with Crippen LogP contribution in [0.5, 0.6) is 5.75 Å². The highest BCUT2D eigenvalue weighted by Crippen LogP contribution is 2.17. The Bertz CT molecular complexity index is 461. The number of methoxy groups -OCH3 is 1. The molecule has 1 rings (SSSR count). The second kappa shape index (κ2) is 9.80. The minimum absolute atomic E-state index is 0.0362. The van der Waals surface area contributed by atoms with E-state index >= 15 is 0 Å². The Morgan fingerprint density at radius 1 is 1.14 bits per heavy atom. The molecule has 116 valence electrons. The van der Waals surface area contributed by atoms with Crippen LogP contribution in [0.25, 0.3) is 0 Å². The van der Waals surface area contributed by atoms with Gasteiger partial charge in [-0.15, -0.1) is 0 Å². The molecular weight excluding hydrogens is 268 g/mol. The molecule has 0 saturated carbocycles. The molecule has 1 aromatic carbocycles. The van der Waals surface area contributed by atoms with Crippen LogP contribution in [0.1, 0.15) is 31.7 Å². The van der Waals surface area contributed by atoms with Gasteiger partial charge in [0.25, 0.3) is 0 Å². The first-order valence-electron chi connectivity index (χ1n) is 7.32. The minimum atomic E-state index is -0.172. The lowest BCUT2D eigenvalue weighted by molar-refractivity contribution is -0.126. The van der Waals surface area contributed by atoms with Crippen molar-refractivity contribution in [2.24, 2.45) is 0 Å². The molecule has 0 aliphatic rings. The van der Waals surface area contributed by atoms with Crippen LogP contribution in [-0.2, 0) is 16.0 Å². The van der Waals surface area contributed by atoms with Crippen LogP contribution in [0.2, 0.25) is 0 Å². The summed E-state index contributed by atoms with van der Waals surface area (Å²) in [5, 5.41) is 5.40. The van der Waals surface area contributed by atoms with E-state index in [1.54, 1.807) is 7.11 Å². The highest BCUT2D eigenvalue weighted by Gasteiger charge is 2.06. The van der Waals surface area contributed by atoms with Crippen molar-refractivity contribution in [1.82, 2.24) is 10.6 Å². The molecule has 0 unspecified atom stereocenters. The Hall–Kier alpha value is -2.04. The van der Waals surface area contributed by atoms with Gasteiger partial charge in [0.05, 0.1) is 13.7 Å². The first-order chi connectivity index (χ1) is 10.2. The summed E-state index contributed by atoms with van der Waals surface area (Å²) in [5.41, 5.74) is 1.05. The van der Waals surface area contributed by atoms with E-state index in [1.807, 2.05) is 31.2 Å². The second-order valence-corrected chi connectivity index (χ2v) is 4.79. The van der Waals surface area contributed by atoms with Crippen LogP contribution >= 0.6 is 0 Å². The van der Waals surface area contributed by atoms with Gasteiger partial charge in [0.15, 0.2) is 0 Å². The van der Waals surface area contributed by atoms with Crippen molar-refractivity contribution in [3.63, 3.8) is 0 Å². The number of amides is 2. The van der Waals surface area contributed by atoms with Crippen LogP contribution in [0.15, 0.2) is 24.3 Å². The molecule has 0 saturated heterocycles. The van der Waals surface area contributed by atoms with Crippen LogP contribution < -0.4 is 15.4 Å². The van der Waals surface area contributed by atoms with Gasteiger partial charge < -0.3 is 15.4 Å². The van der Waals surface area contributed by atoms with E-state index in [-0.39, 0.29) is 18.4 Å². The molecule has 0 spiro atoms. The van der Waals surface area contributed by atoms with Crippen molar-refractivity contribution in [3.05, 3.63) is 29.8 Å². The van der Waals surface area contributed by atoms with Crippen LogP contribution in [-0.4, -0.2) is 32.0 Å². The van der Waals surface area contributed by atoms with Gasteiger partial charge in [-0.1, -0.05) is 31.5 Å². The summed E-state index contributed by atoms with van der Waals surface area (Å²) in [6.45, 7) is 2.58. The van der Waals surface area contributed by atoms with Gasteiger partial charge in [0.1, 0.15) is 5.75 Å². The van der Waals surface area contributed by atoms with Crippen molar-refractivity contribution in [3.8, 4) is 5.75 Å². The standard InChI is InChI=1S/C16H24N2O3/c1-3-4-9-15(19)18-12-16(20)17-11-10-13-7-5-6-8-14(13)21-2/h5-8H,3-4,9-12H2,1-2H3,(H,17,20)(H,18,19). The fourth-order valence-electron chi connectivity index (χ4n) is 1.91. The molecule has 5 heteroatoms. The molecule has 0 aromatic heterocycles. The van der Waals surface area contributed by atoms with E-state index in [0.29, 0.717) is 19.4 Å². The smallest absolute Gasteiger partial charge is 0.239 e. The van der Waals surface area contributed by atoms with E-state index in [0.717, 1.165) is 24.2 Å². The van der Waals surface area contributed by atoms with Crippen molar-refractivity contribution >= 4 is 11.8 Å². The third-order valence-electron chi connectivity index (χ3n) is 3.11. The van der Waals surface area contributed by atoms with E-state index in [1.165, 1.54) is 0 Å². The number of nitrogens with one attached hydrogen (secondary N) is 2. The predicted octanol–water partition coefficient (Wildman–Crippen LogP) is 1.66. The van der Waals surface area contributed by atoms with Gasteiger partial charge in [0.2, 0.25) is 11.8 Å². The first-order valence-corrected chi connectivity index (χ1v) is 7.32. The summed E-state index contributed by atoms with van der Waals surface area (Å²) in [6, 6.07) is 7.71. The fraction of sp³-hybridized carbons (Fsp3) is 0.500. The molecule has 5 nitrogen and oxygen atoms in total. The predicted molar refractivity (Wildman–Crippen MR) is 82.2 cm³/mol. The molecule has 0 radical (unpaired) electrons. The van der Waals surface area contributed by atoms with E-state index in [9.17, 15) is 9.59 Å². The lowest BCUT2D eigenvalue weighted by atomic mass is 10.1. The van der Waals surface area contributed by atoms with E-state index < -0.39 is 0 Å². The molecule has 0 heterocycles. The number of unbranched alkanes of at least 4 members (excludes halogenated alkanes) is 1. The molecular formula is C16H24N2O3. The monoisotopic (exact) mass is 292 g/mol. The lowest BCUT2D eigenvalue weighted by Crippen LogP contribution is -2.37. The van der Waals surface area contributed by atoms with Crippen molar-refractivity contribution in [2.45, 2.75) is 32.6 Å². The maximum absolute atomic E-state index is 11.6. The Labute approximate surface area is 126 Å². The van der Waals surface area contributed by atoms with Gasteiger partial charge in [-0.25, -0.2) is 0 Å². The maximum Gasteiger partial charge on any atom is 0.239 e.